The molecule has 140 valence electrons. The van der Waals surface area contributed by atoms with Crippen molar-refractivity contribution in [1.29, 1.82) is 0 Å². The van der Waals surface area contributed by atoms with Gasteiger partial charge >= 0.3 is 0 Å². The van der Waals surface area contributed by atoms with E-state index in [0.717, 1.165) is 40.9 Å². The minimum absolute atomic E-state index is 0. The average molecular weight is 438 g/mol. The lowest BCUT2D eigenvalue weighted by Gasteiger charge is -2.33. The summed E-state index contributed by atoms with van der Waals surface area (Å²) in [5.41, 5.74) is 4.21. The van der Waals surface area contributed by atoms with Crippen LogP contribution in [-0.2, 0) is 11.3 Å². The number of halogens is 2. The van der Waals surface area contributed by atoms with E-state index in [1.807, 2.05) is 32.0 Å². The van der Waals surface area contributed by atoms with Crippen molar-refractivity contribution in [1.82, 2.24) is 0 Å². The third-order valence-electron chi connectivity index (χ3n) is 5.12. The molecule has 1 amide bonds. The summed E-state index contributed by atoms with van der Waals surface area (Å²) in [5, 5.41) is 3.84. The Hall–Kier alpha value is -1.36. The maximum atomic E-state index is 12.8. The fourth-order valence-electron chi connectivity index (χ4n) is 3.94. The Balaban J connectivity index is 0.00000243. The highest BCUT2D eigenvalue weighted by molar-refractivity contribution is 6.30. The Morgan fingerprint density at radius 2 is 1.65 bits per heavy atom. The molecular formula is C21H26BrClN2O. The molecule has 5 heteroatoms. The zero-order chi connectivity index (χ0) is 17.9. The van der Waals surface area contributed by atoms with E-state index in [-0.39, 0.29) is 22.9 Å². The van der Waals surface area contributed by atoms with Gasteiger partial charge in [-0.05, 0) is 37.1 Å². The van der Waals surface area contributed by atoms with Crippen molar-refractivity contribution < 1.29 is 26.3 Å². The number of aryl methyl sites for hydroxylation is 2. The van der Waals surface area contributed by atoms with Crippen molar-refractivity contribution in [2.45, 2.75) is 33.2 Å². The molecule has 0 unspecified atom stereocenters. The van der Waals surface area contributed by atoms with Gasteiger partial charge in [0.2, 0.25) is 0 Å². The lowest BCUT2D eigenvalue weighted by molar-refractivity contribution is -0.922. The molecule has 1 heterocycles. The fourth-order valence-corrected chi connectivity index (χ4v) is 4.27. The summed E-state index contributed by atoms with van der Waals surface area (Å²) >= 11 is 6.09. The number of nitrogens with zero attached hydrogens (tertiary/aromatic N) is 1. The van der Waals surface area contributed by atoms with Gasteiger partial charge in [-0.15, -0.1) is 0 Å². The Labute approximate surface area is 171 Å². The Morgan fingerprint density at radius 1 is 1.08 bits per heavy atom. The first-order valence-electron chi connectivity index (χ1n) is 8.93. The van der Waals surface area contributed by atoms with Crippen molar-refractivity contribution in [3.8, 4) is 0 Å². The maximum Gasteiger partial charge on any atom is 0.279 e. The molecule has 0 aromatic heterocycles. The van der Waals surface area contributed by atoms with Crippen molar-refractivity contribution >= 4 is 23.2 Å². The molecule has 1 saturated heterocycles. The van der Waals surface area contributed by atoms with Crippen LogP contribution < -0.4 is 22.3 Å². The molecule has 3 rings (SSSR count). The van der Waals surface area contributed by atoms with Crippen LogP contribution >= 0.6 is 11.6 Å². The van der Waals surface area contributed by atoms with E-state index in [1.54, 1.807) is 0 Å². The van der Waals surface area contributed by atoms with Crippen molar-refractivity contribution in [3.63, 3.8) is 0 Å². The largest absolute Gasteiger partial charge is 1.00 e. The lowest BCUT2D eigenvalue weighted by atomic mass is 10.1. The topological polar surface area (TPSA) is 29.1 Å². The van der Waals surface area contributed by atoms with E-state index in [2.05, 4.69) is 29.6 Å². The Kier molecular flexibility index (Phi) is 7.27. The number of carbonyl (C=O) groups is 1. The van der Waals surface area contributed by atoms with Gasteiger partial charge in [-0.3, -0.25) is 4.79 Å². The Bertz CT molecular complexity index is 735. The van der Waals surface area contributed by atoms with Crippen LogP contribution in [0.5, 0.6) is 0 Å². The van der Waals surface area contributed by atoms with Crippen molar-refractivity contribution in [2.24, 2.45) is 0 Å². The minimum atomic E-state index is 0. The summed E-state index contributed by atoms with van der Waals surface area (Å²) in [6, 6.07) is 14.3. The lowest BCUT2D eigenvalue weighted by Crippen LogP contribution is -3.00. The number of rotatable bonds is 5. The molecular weight excluding hydrogens is 412 g/mol. The monoisotopic (exact) mass is 436 g/mol. The number of amides is 1. The van der Waals surface area contributed by atoms with E-state index < -0.39 is 0 Å². The number of quaternary nitrogens is 1. The second-order valence-electron chi connectivity index (χ2n) is 7.26. The van der Waals surface area contributed by atoms with Gasteiger partial charge in [0, 0.05) is 29.1 Å². The summed E-state index contributed by atoms with van der Waals surface area (Å²) in [5.74, 6) is 0.0892. The van der Waals surface area contributed by atoms with Crippen LogP contribution in [0.1, 0.15) is 29.5 Å². The highest BCUT2D eigenvalue weighted by Gasteiger charge is 2.34. The third kappa shape index (κ3) is 5.09. The first kappa shape index (κ1) is 20.9. The van der Waals surface area contributed by atoms with Gasteiger partial charge in [0.15, 0.2) is 6.54 Å². The second-order valence-corrected chi connectivity index (χ2v) is 7.70. The van der Waals surface area contributed by atoms with Crippen LogP contribution in [0.4, 0.5) is 5.69 Å². The van der Waals surface area contributed by atoms with Gasteiger partial charge in [-0.1, -0.05) is 41.9 Å². The van der Waals surface area contributed by atoms with Crippen LogP contribution in [0, 0.1) is 13.8 Å². The molecule has 2 aromatic carbocycles. The van der Waals surface area contributed by atoms with Gasteiger partial charge < -0.3 is 26.8 Å². The molecule has 3 nitrogen and oxygen atoms in total. The van der Waals surface area contributed by atoms with Crippen LogP contribution in [-0.4, -0.2) is 30.0 Å². The maximum absolute atomic E-state index is 12.8. The van der Waals surface area contributed by atoms with Crippen LogP contribution in [0.2, 0.25) is 5.02 Å². The molecule has 0 bridgehead atoms. The molecule has 1 fully saturated rings. The first-order chi connectivity index (χ1) is 12.0. The number of hydrogen-bond donors (Lipinski definition) is 1. The van der Waals surface area contributed by atoms with Crippen molar-refractivity contribution in [3.05, 3.63) is 64.2 Å². The Morgan fingerprint density at radius 3 is 2.23 bits per heavy atom. The molecule has 0 spiro atoms. The van der Waals surface area contributed by atoms with E-state index in [0.29, 0.717) is 11.6 Å². The standard InChI is InChI=1S/C21H25ClN2O.BrH/c1-16-12-19(22)13-17(2)21(16)23-20(25)15-24(10-6-7-11-24)14-18-8-4-3-5-9-18;/h3-5,8-9,12-13H,6-7,10-11,14-15H2,1-2H3;1H. The quantitative estimate of drug-likeness (QED) is 0.709. The summed E-state index contributed by atoms with van der Waals surface area (Å²) in [7, 11) is 0. The van der Waals surface area contributed by atoms with E-state index in [1.165, 1.54) is 18.4 Å². The van der Waals surface area contributed by atoms with Crippen molar-refractivity contribution in [2.75, 3.05) is 25.0 Å². The molecule has 1 N–H and O–H groups in total. The number of hydrogen-bond acceptors (Lipinski definition) is 1. The van der Waals surface area contributed by atoms with Gasteiger partial charge in [0.1, 0.15) is 6.54 Å². The molecule has 0 saturated carbocycles. The molecule has 1 aliphatic rings. The molecule has 0 radical (unpaired) electrons. The molecule has 26 heavy (non-hydrogen) atoms. The second kappa shape index (κ2) is 9.03. The average Bonchev–Trinajstić information content (AvgIpc) is 2.99. The molecule has 1 aliphatic heterocycles. The highest BCUT2D eigenvalue weighted by atomic mass is 79.9. The van der Waals surface area contributed by atoms with E-state index in [9.17, 15) is 4.79 Å². The number of anilines is 1. The smallest absolute Gasteiger partial charge is 0.279 e. The molecule has 0 atom stereocenters. The number of carbonyl (C=O) groups excluding carboxylic acids is 1. The SMILES string of the molecule is Cc1cc(Cl)cc(C)c1NC(=O)C[N+]1(Cc2ccccc2)CCCC1.[Br-]. The first-order valence-corrected chi connectivity index (χ1v) is 9.31. The van der Waals surface area contributed by atoms with Gasteiger partial charge in [-0.2, -0.15) is 0 Å². The summed E-state index contributed by atoms with van der Waals surface area (Å²) < 4.78 is 0.849. The number of likely N-dealkylation sites (tertiary alicyclic amines) is 1. The normalized spacial score (nSPS) is 15.3. The van der Waals surface area contributed by atoms with Gasteiger partial charge in [-0.25, -0.2) is 0 Å². The zero-order valence-corrected chi connectivity index (χ0v) is 17.7. The zero-order valence-electron chi connectivity index (χ0n) is 15.4. The minimum Gasteiger partial charge on any atom is -1.00 e. The highest BCUT2D eigenvalue weighted by Crippen LogP contribution is 2.27. The number of benzene rings is 2. The molecule has 0 aliphatic carbocycles. The molecule has 2 aromatic rings. The van der Waals surface area contributed by atoms with Gasteiger partial charge in [0.05, 0.1) is 13.1 Å². The third-order valence-corrected chi connectivity index (χ3v) is 5.33. The summed E-state index contributed by atoms with van der Waals surface area (Å²) in [4.78, 5) is 12.8. The van der Waals surface area contributed by atoms with Gasteiger partial charge in [0.25, 0.3) is 5.91 Å². The number of nitrogens with one attached hydrogen (secondary N) is 1. The van der Waals surface area contributed by atoms with Crippen LogP contribution in [0.25, 0.3) is 0 Å². The van der Waals surface area contributed by atoms with Crippen LogP contribution in [0.15, 0.2) is 42.5 Å². The van der Waals surface area contributed by atoms with E-state index >= 15 is 0 Å². The summed E-state index contributed by atoms with van der Waals surface area (Å²) in [6.07, 6.45) is 2.39. The summed E-state index contributed by atoms with van der Waals surface area (Å²) in [6.45, 7) is 7.56. The van der Waals surface area contributed by atoms with E-state index in [4.69, 9.17) is 11.6 Å². The van der Waals surface area contributed by atoms with Crippen LogP contribution in [0.3, 0.4) is 0 Å². The fraction of sp³-hybridized carbons (Fsp3) is 0.381. The predicted octanol–water partition coefficient (Wildman–Crippen LogP) is 1.71. The predicted molar refractivity (Wildman–Crippen MR) is 104 cm³/mol.